The number of carbonyl (C=O) groups is 1. The summed E-state index contributed by atoms with van der Waals surface area (Å²) in [5, 5.41) is 8.86. The standard InChI is InChI=1S/C16H17NO2/c17-11-15(13-4-2-1-3-5-13)10-12-6-8-14(9-7-12)16(18)19/h1-9,15H,10-11,17H2,(H,18,19). The molecule has 0 saturated heterocycles. The number of hydrogen-bond donors (Lipinski definition) is 2. The van der Waals surface area contributed by atoms with Crippen LogP contribution in [0.15, 0.2) is 54.6 Å². The number of rotatable bonds is 5. The molecule has 0 radical (unpaired) electrons. The minimum Gasteiger partial charge on any atom is -0.478 e. The molecule has 1 unspecified atom stereocenters. The van der Waals surface area contributed by atoms with Crippen molar-refractivity contribution in [2.75, 3.05) is 6.54 Å². The summed E-state index contributed by atoms with van der Waals surface area (Å²) in [5.74, 6) is -0.637. The summed E-state index contributed by atoms with van der Waals surface area (Å²) in [5.41, 5.74) is 8.47. The Bertz CT molecular complexity index is 534. The molecule has 0 spiro atoms. The van der Waals surface area contributed by atoms with Crippen LogP contribution in [0.3, 0.4) is 0 Å². The smallest absolute Gasteiger partial charge is 0.335 e. The van der Waals surface area contributed by atoms with E-state index < -0.39 is 5.97 Å². The summed E-state index contributed by atoms with van der Waals surface area (Å²) >= 11 is 0. The predicted octanol–water partition coefficient (Wildman–Crippen LogP) is 2.67. The van der Waals surface area contributed by atoms with Crippen LogP contribution in [0.5, 0.6) is 0 Å². The van der Waals surface area contributed by atoms with Crippen LogP contribution in [0.1, 0.15) is 27.4 Å². The maximum absolute atomic E-state index is 10.8. The lowest BCUT2D eigenvalue weighted by Crippen LogP contribution is -2.15. The van der Waals surface area contributed by atoms with Gasteiger partial charge < -0.3 is 10.8 Å². The van der Waals surface area contributed by atoms with Gasteiger partial charge in [0, 0.05) is 5.92 Å². The van der Waals surface area contributed by atoms with E-state index in [4.69, 9.17) is 10.8 Å². The fourth-order valence-corrected chi connectivity index (χ4v) is 2.13. The van der Waals surface area contributed by atoms with E-state index in [0.717, 1.165) is 12.0 Å². The van der Waals surface area contributed by atoms with Crippen LogP contribution in [0.25, 0.3) is 0 Å². The van der Waals surface area contributed by atoms with Gasteiger partial charge >= 0.3 is 5.97 Å². The lowest BCUT2D eigenvalue weighted by atomic mass is 9.92. The Kier molecular flexibility index (Phi) is 4.31. The van der Waals surface area contributed by atoms with Gasteiger partial charge in [-0.2, -0.15) is 0 Å². The number of nitrogens with two attached hydrogens (primary N) is 1. The number of carboxylic acids is 1. The lowest BCUT2D eigenvalue weighted by molar-refractivity contribution is 0.0697. The fourth-order valence-electron chi connectivity index (χ4n) is 2.13. The van der Waals surface area contributed by atoms with E-state index >= 15 is 0 Å². The molecule has 3 nitrogen and oxygen atoms in total. The first-order chi connectivity index (χ1) is 9.20. The SMILES string of the molecule is NCC(Cc1ccc(C(=O)O)cc1)c1ccccc1. The molecule has 0 aliphatic carbocycles. The summed E-state index contributed by atoms with van der Waals surface area (Å²) in [6, 6.07) is 17.1. The van der Waals surface area contributed by atoms with Gasteiger partial charge in [0.1, 0.15) is 0 Å². The monoisotopic (exact) mass is 255 g/mol. The molecule has 1 atom stereocenters. The molecule has 2 rings (SSSR count). The van der Waals surface area contributed by atoms with E-state index in [1.54, 1.807) is 12.1 Å². The Morgan fingerprint density at radius 3 is 2.21 bits per heavy atom. The second-order valence-corrected chi connectivity index (χ2v) is 4.55. The van der Waals surface area contributed by atoms with E-state index in [2.05, 4.69) is 12.1 Å². The van der Waals surface area contributed by atoms with Crippen molar-refractivity contribution in [2.45, 2.75) is 12.3 Å². The minimum absolute atomic E-state index is 0.261. The van der Waals surface area contributed by atoms with Crippen LogP contribution in [-0.4, -0.2) is 17.6 Å². The molecule has 0 aliphatic heterocycles. The Balaban J connectivity index is 2.12. The summed E-state index contributed by atoms with van der Waals surface area (Å²) in [6.07, 6.45) is 0.820. The van der Waals surface area contributed by atoms with Crippen LogP contribution in [0, 0.1) is 0 Å². The molecule has 0 saturated carbocycles. The molecule has 98 valence electrons. The first-order valence-corrected chi connectivity index (χ1v) is 6.28. The third-order valence-electron chi connectivity index (χ3n) is 3.24. The topological polar surface area (TPSA) is 63.3 Å². The molecule has 3 N–H and O–H groups in total. The number of carboxylic acid groups (broad SMARTS) is 1. The maximum atomic E-state index is 10.8. The molecule has 0 amide bonds. The number of benzene rings is 2. The highest BCUT2D eigenvalue weighted by molar-refractivity contribution is 5.87. The molecule has 0 aromatic heterocycles. The molecule has 0 bridgehead atoms. The first kappa shape index (κ1) is 13.3. The molecule has 2 aromatic carbocycles. The Labute approximate surface area is 112 Å². The van der Waals surface area contributed by atoms with E-state index in [-0.39, 0.29) is 5.92 Å². The van der Waals surface area contributed by atoms with Gasteiger partial charge in [-0.3, -0.25) is 0 Å². The summed E-state index contributed by atoms with van der Waals surface area (Å²) in [7, 11) is 0. The van der Waals surface area contributed by atoms with Gasteiger partial charge in [-0.15, -0.1) is 0 Å². The van der Waals surface area contributed by atoms with Crippen molar-refractivity contribution in [3.05, 3.63) is 71.3 Å². The van der Waals surface area contributed by atoms with E-state index in [1.807, 2.05) is 30.3 Å². The minimum atomic E-state index is -0.898. The van der Waals surface area contributed by atoms with Crippen molar-refractivity contribution < 1.29 is 9.90 Å². The first-order valence-electron chi connectivity index (χ1n) is 6.28. The van der Waals surface area contributed by atoms with Crippen LogP contribution >= 0.6 is 0 Å². The van der Waals surface area contributed by atoms with Crippen LogP contribution in [0.4, 0.5) is 0 Å². The molecule has 0 heterocycles. The molecular formula is C16H17NO2. The third kappa shape index (κ3) is 3.42. The van der Waals surface area contributed by atoms with Crippen molar-refractivity contribution >= 4 is 5.97 Å². The zero-order valence-corrected chi connectivity index (χ0v) is 10.6. The Hall–Kier alpha value is -2.13. The van der Waals surface area contributed by atoms with Crippen molar-refractivity contribution in [1.29, 1.82) is 0 Å². The van der Waals surface area contributed by atoms with Crippen molar-refractivity contribution in [2.24, 2.45) is 5.73 Å². The Morgan fingerprint density at radius 2 is 1.68 bits per heavy atom. The second-order valence-electron chi connectivity index (χ2n) is 4.55. The van der Waals surface area contributed by atoms with E-state index in [0.29, 0.717) is 12.1 Å². The second kappa shape index (κ2) is 6.16. The quantitative estimate of drug-likeness (QED) is 0.863. The molecule has 19 heavy (non-hydrogen) atoms. The molecule has 0 fully saturated rings. The number of aromatic carboxylic acids is 1. The maximum Gasteiger partial charge on any atom is 0.335 e. The highest BCUT2D eigenvalue weighted by Crippen LogP contribution is 2.20. The molecule has 0 aliphatic rings. The van der Waals surface area contributed by atoms with Gasteiger partial charge in [-0.25, -0.2) is 4.79 Å². The molecular weight excluding hydrogens is 238 g/mol. The normalized spacial score (nSPS) is 12.1. The summed E-state index contributed by atoms with van der Waals surface area (Å²) in [6.45, 7) is 0.574. The van der Waals surface area contributed by atoms with Gasteiger partial charge in [-0.1, -0.05) is 42.5 Å². The van der Waals surface area contributed by atoms with Gasteiger partial charge in [0.2, 0.25) is 0 Å². The Morgan fingerprint density at radius 1 is 1.05 bits per heavy atom. The third-order valence-corrected chi connectivity index (χ3v) is 3.24. The van der Waals surface area contributed by atoms with Crippen molar-refractivity contribution in [3.8, 4) is 0 Å². The van der Waals surface area contributed by atoms with Gasteiger partial charge in [0.05, 0.1) is 5.56 Å². The highest BCUT2D eigenvalue weighted by Gasteiger charge is 2.10. The average Bonchev–Trinajstić information content (AvgIpc) is 2.46. The van der Waals surface area contributed by atoms with Gasteiger partial charge in [0.25, 0.3) is 0 Å². The molecule has 3 heteroatoms. The van der Waals surface area contributed by atoms with Gasteiger partial charge in [0.15, 0.2) is 0 Å². The predicted molar refractivity (Wildman–Crippen MR) is 75.3 cm³/mol. The number of hydrogen-bond acceptors (Lipinski definition) is 2. The zero-order valence-electron chi connectivity index (χ0n) is 10.6. The van der Waals surface area contributed by atoms with E-state index in [9.17, 15) is 4.79 Å². The summed E-state index contributed by atoms with van der Waals surface area (Å²) in [4.78, 5) is 10.8. The van der Waals surface area contributed by atoms with E-state index in [1.165, 1.54) is 5.56 Å². The largest absolute Gasteiger partial charge is 0.478 e. The zero-order chi connectivity index (χ0) is 13.7. The van der Waals surface area contributed by atoms with Crippen LogP contribution in [-0.2, 0) is 6.42 Å². The lowest BCUT2D eigenvalue weighted by Gasteiger charge is -2.15. The van der Waals surface area contributed by atoms with Crippen molar-refractivity contribution in [3.63, 3.8) is 0 Å². The average molecular weight is 255 g/mol. The highest BCUT2D eigenvalue weighted by atomic mass is 16.4. The summed E-state index contributed by atoms with van der Waals surface area (Å²) < 4.78 is 0. The van der Waals surface area contributed by atoms with Crippen molar-refractivity contribution in [1.82, 2.24) is 0 Å². The van der Waals surface area contributed by atoms with Crippen LogP contribution < -0.4 is 5.73 Å². The van der Waals surface area contributed by atoms with Crippen LogP contribution in [0.2, 0.25) is 0 Å². The van der Waals surface area contributed by atoms with Gasteiger partial charge in [-0.05, 0) is 36.2 Å². The molecule has 2 aromatic rings. The fraction of sp³-hybridized carbons (Fsp3) is 0.188.